The number of benzene rings is 2. The summed E-state index contributed by atoms with van der Waals surface area (Å²) < 4.78 is 39.4. The van der Waals surface area contributed by atoms with Crippen molar-refractivity contribution in [1.29, 1.82) is 0 Å². The lowest BCUT2D eigenvalue weighted by Gasteiger charge is -2.24. The molecule has 0 bridgehead atoms. The average molecular weight is 474 g/mol. The highest BCUT2D eigenvalue weighted by Gasteiger charge is 2.37. The molecular weight excluding hydrogens is 442 g/mol. The Morgan fingerprint density at radius 2 is 1.73 bits per heavy atom. The van der Waals surface area contributed by atoms with E-state index in [0.717, 1.165) is 37.2 Å². The van der Waals surface area contributed by atoms with Crippen LogP contribution in [0.4, 0.5) is 11.4 Å². The molecule has 2 heterocycles. The summed E-state index contributed by atoms with van der Waals surface area (Å²) in [5, 5.41) is 0. The van der Waals surface area contributed by atoms with E-state index in [4.69, 9.17) is 9.47 Å². The lowest BCUT2D eigenvalue weighted by atomic mass is 9.87. The summed E-state index contributed by atoms with van der Waals surface area (Å²) in [6, 6.07) is 9.99. The van der Waals surface area contributed by atoms with Gasteiger partial charge < -0.3 is 19.3 Å². The molecule has 1 N–H and O–H groups in total. The first-order valence-electron chi connectivity index (χ1n) is 11.1. The van der Waals surface area contributed by atoms with Crippen LogP contribution in [-0.2, 0) is 20.2 Å². The van der Waals surface area contributed by atoms with Crippen molar-refractivity contribution >= 4 is 27.3 Å². The summed E-state index contributed by atoms with van der Waals surface area (Å²) >= 11 is 0. The molecule has 0 spiro atoms. The smallest absolute Gasteiger partial charge is 0.261 e. The van der Waals surface area contributed by atoms with Gasteiger partial charge in [-0.05, 0) is 48.7 Å². The topological polar surface area (TPSA) is 88.2 Å². The van der Waals surface area contributed by atoms with Crippen molar-refractivity contribution in [3.8, 4) is 11.5 Å². The van der Waals surface area contributed by atoms with Gasteiger partial charge in [0.05, 0.1) is 31.3 Å². The van der Waals surface area contributed by atoms with E-state index in [2.05, 4.69) is 23.5 Å². The number of nitrogens with one attached hydrogen (secondary N) is 1. The van der Waals surface area contributed by atoms with Gasteiger partial charge in [-0.25, -0.2) is 8.42 Å². The van der Waals surface area contributed by atoms with Crippen molar-refractivity contribution in [2.24, 2.45) is 0 Å². The molecule has 4 rings (SSSR count). The number of fused-ring (bicyclic) bond motifs is 1. The second-order valence-corrected chi connectivity index (χ2v) is 10.9. The number of carbonyl (C=O) groups is 1. The molecule has 0 aromatic heterocycles. The van der Waals surface area contributed by atoms with Gasteiger partial charge >= 0.3 is 0 Å². The molecule has 8 nitrogen and oxygen atoms in total. The molecule has 178 valence electrons. The minimum atomic E-state index is -3.82. The highest BCUT2D eigenvalue weighted by molar-refractivity contribution is 7.92. The van der Waals surface area contributed by atoms with E-state index in [1.165, 1.54) is 14.2 Å². The van der Waals surface area contributed by atoms with Crippen molar-refractivity contribution in [2.75, 3.05) is 50.0 Å². The van der Waals surface area contributed by atoms with Gasteiger partial charge in [0.25, 0.3) is 10.0 Å². The SMILES string of the molecule is COc1ccc(NS(=O)(=O)c2ccc3c(c2)C(C)(C)CN3CC(=O)N2CCCC2)cc1OC. The van der Waals surface area contributed by atoms with Crippen molar-refractivity contribution < 1.29 is 22.7 Å². The Kier molecular flexibility index (Phi) is 6.18. The van der Waals surface area contributed by atoms with Crippen LogP contribution < -0.4 is 19.1 Å². The second-order valence-electron chi connectivity index (χ2n) is 9.18. The number of nitrogens with zero attached hydrogens (tertiary/aromatic N) is 2. The van der Waals surface area contributed by atoms with Gasteiger partial charge in [0.15, 0.2) is 11.5 Å². The fourth-order valence-corrected chi connectivity index (χ4v) is 5.71. The van der Waals surface area contributed by atoms with Gasteiger partial charge in [0, 0.05) is 36.8 Å². The van der Waals surface area contributed by atoms with E-state index < -0.39 is 10.0 Å². The number of amides is 1. The maximum Gasteiger partial charge on any atom is 0.261 e. The normalized spacial score (nSPS) is 17.1. The largest absolute Gasteiger partial charge is 0.493 e. The van der Waals surface area contributed by atoms with Gasteiger partial charge in [-0.2, -0.15) is 0 Å². The number of hydrogen-bond acceptors (Lipinski definition) is 6. The molecule has 9 heteroatoms. The number of likely N-dealkylation sites (tertiary alicyclic amines) is 1. The molecule has 33 heavy (non-hydrogen) atoms. The van der Waals surface area contributed by atoms with E-state index in [9.17, 15) is 13.2 Å². The van der Waals surface area contributed by atoms with Gasteiger partial charge in [-0.15, -0.1) is 0 Å². The van der Waals surface area contributed by atoms with Crippen LogP contribution in [0.1, 0.15) is 32.3 Å². The van der Waals surface area contributed by atoms with E-state index >= 15 is 0 Å². The molecule has 0 aliphatic carbocycles. The number of carbonyl (C=O) groups excluding carboxylic acids is 1. The summed E-state index contributed by atoms with van der Waals surface area (Å²) in [4.78, 5) is 16.9. The fraction of sp³-hybridized carbons (Fsp3) is 0.458. The van der Waals surface area contributed by atoms with Gasteiger partial charge in [0.1, 0.15) is 0 Å². The zero-order valence-electron chi connectivity index (χ0n) is 19.6. The molecule has 0 atom stereocenters. The van der Waals surface area contributed by atoms with Crippen LogP contribution in [0.2, 0.25) is 0 Å². The molecule has 2 aromatic carbocycles. The number of methoxy groups -OCH3 is 2. The highest BCUT2D eigenvalue weighted by atomic mass is 32.2. The Labute approximate surface area is 195 Å². The number of hydrogen-bond donors (Lipinski definition) is 1. The van der Waals surface area contributed by atoms with Crippen LogP contribution in [0.5, 0.6) is 11.5 Å². The lowest BCUT2D eigenvalue weighted by Crippen LogP contribution is -2.40. The molecule has 2 aromatic rings. The van der Waals surface area contributed by atoms with Crippen LogP contribution in [0.25, 0.3) is 0 Å². The summed E-state index contributed by atoms with van der Waals surface area (Å²) in [5.41, 5.74) is 1.94. The van der Waals surface area contributed by atoms with Crippen molar-refractivity contribution in [3.05, 3.63) is 42.0 Å². The minimum Gasteiger partial charge on any atom is -0.493 e. The molecular formula is C24H31N3O5S. The third-order valence-electron chi connectivity index (χ3n) is 6.35. The van der Waals surface area contributed by atoms with Gasteiger partial charge in [-0.3, -0.25) is 9.52 Å². The standard InChI is InChI=1S/C24H31N3O5S/c1-24(2)16-27(15-23(28)26-11-5-6-12-26)20-9-8-18(14-19(20)24)33(29,30)25-17-7-10-21(31-3)22(13-17)32-4/h7-10,13-14,25H,5-6,11-12,15-16H2,1-4H3. The van der Waals surface area contributed by atoms with Crippen LogP contribution >= 0.6 is 0 Å². The Morgan fingerprint density at radius 1 is 1.03 bits per heavy atom. The molecule has 1 saturated heterocycles. The lowest BCUT2D eigenvalue weighted by molar-refractivity contribution is -0.128. The predicted molar refractivity (Wildman–Crippen MR) is 128 cm³/mol. The number of ether oxygens (including phenoxy) is 2. The van der Waals surface area contributed by atoms with Crippen LogP contribution in [0, 0.1) is 0 Å². The van der Waals surface area contributed by atoms with Crippen LogP contribution in [0.3, 0.4) is 0 Å². The third-order valence-corrected chi connectivity index (χ3v) is 7.73. The van der Waals surface area contributed by atoms with Gasteiger partial charge in [-0.1, -0.05) is 13.8 Å². The first kappa shape index (κ1) is 23.2. The summed E-state index contributed by atoms with van der Waals surface area (Å²) in [5.74, 6) is 1.08. The first-order valence-corrected chi connectivity index (χ1v) is 12.5. The molecule has 2 aliphatic rings. The Bertz CT molecular complexity index is 1160. The average Bonchev–Trinajstić information content (AvgIpc) is 3.40. The summed E-state index contributed by atoms with van der Waals surface area (Å²) in [7, 11) is -0.801. The van der Waals surface area contributed by atoms with E-state index in [1.807, 2.05) is 11.0 Å². The molecule has 2 aliphatic heterocycles. The van der Waals surface area contributed by atoms with Gasteiger partial charge in [0.2, 0.25) is 5.91 Å². The monoisotopic (exact) mass is 473 g/mol. The predicted octanol–water partition coefficient (Wildman–Crippen LogP) is 3.22. The first-order chi connectivity index (χ1) is 15.6. The quantitative estimate of drug-likeness (QED) is 0.664. The second kappa shape index (κ2) is 8.78. The van der Waals surface area contributed by atoms with Crippen LogP contribution in [0.15, 0.2) is 41.3 Å². The van der Waals surface area contributed by atoms with E-state index in [-0.39, 0.29) is 16.2 Å². The molecule has 0 unspecified atom stereocenters. The molecule has 1 fully saturated rings. The fourth-order valence-electron chi connectivity index (χ4n) is 4.63. The minimum absolute atomic E-state index is 0.128. The Balaban J connectivity index is 1.58. The molecule has 0 radical (unpaired) electrons. The molecule has 1 amide bonds. The number of rotatable bonds is 7. The maximum atomic E-state index is 13.1. The number of sulfonamides is 1. The summed E-state index contributed by atoms with van der Waals surface area (Å²) in [6.07, 6.45) is 2.12. The van der Waals surface area contributed by atoms with Crippen molar-refractivity contribution in [3.63, 3.8) is 0 Å². The molecule has 0 saturated carbocycles. The number of anilines is 2. The van der Waals surface area contributed by atoms with Crippen molar-refractivity contribution in [2.45, 2.75) is 37.0 Å². The Hall–Kier alpha value is -2.94. The van der Waals surface area contributed by atoms with Crippen LogP contribution in [-0.4, -0.2) is 59.6 Å². The van der Waals surface area contributed by atoms with E-state index in [1.54, 1.807) is 30.3 Å². The van der Waals surface area contributed by atoms with Crippen molar-refractivity contribution in [1.82, 2.24) is 4.90 Å². The zero-order chi connectivity index (χ0) is 23.8. The summed E-state index contributed by atoms with van der Waals surface area (Å²) in [6.45, 7) is 6.76. The Morgan fingerprint density at radius 3 is 2.39 bits per heavy atom. The van der Waals surface area contributed by atoms with E-state index in [0.29, 0.717) is 30.3 Å². The third kappa shape index (κ3) is 4.59. The maximum absolute atomic E-state index is 13.1. The zero-order valence-corrected chi connectivity index (χ0v) is 20.4. The highest BCUT2D eigenvalue weighted by Crippen LogP contribution is 2.42.